The third-order valence-electron chi connectivity index (χ3n) is 2.97. The van der Waals surface area contributed by atoms with Gasteiger partial charge in [-0.3, -0.25) is 4.79 Å². The first kappa shape index (κ1) is 16.7. The van der Waals surface area contributed by atoms with Gasteiger partial charge in [0.1, 0.15) is 10.7 Å². The van der Waals surface area contributed by atoms with Gasteiger partial charge in [0.2, 0.25) is 5.88 Å². The van der Waals surface area contributed by atoms with Crippen molar-refractivity contribution in [2.45, 2.75) is 6.92 Å². The molecule has 0 aliphatic carbocycles. The van der Waals surface area contributed by atoms with Crippen molar-refractivity contribution in [3.05, 3.63) is 62.7 Å². The topological polar surface area (TPSA) is 64.1 Å². The molecule has 1 aromatic carbocycles. The summed E-state index contributed by atoms with van der Waals surface area (Å²) in [6.07, 6.45) is 1.43. The molecule has 8 heteroatoms. The predicted molar refractivity (Wildman–Crippen MR) is 95.6 cm³/mol. The van der Waals surface area contributed by atoms with E-state index in [4.69, 9.17) is 27.9 Å². The Balaban J connectivity index is 1.84. The van der Waals surface area contributed by atoms with Crippen molar-refractivity contribution in [2.75, 3.05) is 5.32 Å². The lowest BCUT2D eigenvalue weighted by atomic mass is 10.3. The zero-order chi connectivity index (χ0) is 17.1. The molecule has 0 bridgehead atoms. The largest absolute Gasteiger partial charge is 0.435 e. The van der Waals surface area contributed by atoms with E-state index in [9.17, 15) is 4.79 Å². The van der Waals surface area contributed by atoms with Crippen LogP contribution in [0.5, 0.6) is 11.6 Å². The first-order valence-electron chi connectivity index (χ1n) is 6.84. The van der Waals surface area contributed by atoms with E-state index in [-0.39, 0.29) is 16.8 Å². The number of amides is 1. The number of aromatic nitrogens is 2. The summed E-state index contributed by atoms with van der Waals surface area (Å²) in [5.74, 6) is 0.298. The van der Waals surface area contributed by atoms with E-state index in [1.807, 2.05) is 6.92 Å². The normalized spacial score (nSPS) is 10.5. The van der Waals surface area contributed by atoms with Crippen molar-refractivity contribution >= 4 is 46.1 Å². The number of nitrogens with zero attached hydrogens (tertiary/aromatic N) is 2. The Bertz CT molecular complexity index is 899. The van der Waals surface area contributed by atoms with E-state index in [0.29, 0.717) is 22.2 Å². The zero-order valence-electron chi connectivity index (χ0n) is 12.4. The molecule has 0 atom stereocenters. The molecule has 0 fully saturated rings. The summed E-state index contributed by atoms with van der Waals surface area (Å²) in [7, 11) is 0. The highest BCUT2D eigenvalue weighted by Crippen LogP contribution is 2.33. The molecule has 2 heterocycles. The minimum atomic E-state index is -0.314. The van der Waals surface area contributed by atoms with Gasteiger partial charge in [-0.15, -0.1) is 11.3 Å². The Kier molecular flexibility index (Phi) is 4.99. The summed E-state index contributed by atoms with van der Waals surface area (Å²) >= 11 is 13.3. The monoisotopic (exact) mass is 379 g/mol. The van der Waals surface area contributed by atoms with Crippen LogP contribution in [-0.2, 0) is 0 Å². The van der Waals surface area contributed by atoms with Crippen LogP contribution in [0.1, 0.15) is 15.5 Å². The molecule has 122 valence electrons. The molecular weight excluding hydrogens is 369 g/mol. The van der Waals surface area contributed by atoms with Gasteiger partial charge in [-0.25, -0.2) is 9.97 Å². The molecule has 3 rings (SSSR count). The summed E-state index contributed by atoms with van der Waals surface area (Å²) in [4.78, 5) is 20.5. The van der Waals surface area contributed by atoms with E-state index in [2.05, 4.69) is 15.3 Å². The van der Waals surface area contributed by atoms with Gasteiger partial charge in [0.05, 0.1) is 15.7 Å². The summed E-state index contributed by atoms with van der Waals surface area (Å²) in [5, 5.41) is 5.98. The predicted octanol–water partition coefficient (Wildman–Crippen LogP) is 5.20. The standard InChI is InChI=1S/C16H11Cl2N3O2S/c1-9-20-13(8-24-9)15(22)21-12-4-2-3-5-14(12)23-16-11(18)6-10(17)7-19-16/h2-8H,1H3,(H,21,22). The molecular formula is C16H11Cl2N3O2S. The zero-order valence-corrected chi connectivity index (χ0v) is 14.7. The maximum absolute atomic E-state index is 12.3. The maximum Gasteiger partial charge on any atom is 0.275 e. The molecule has 3 aromatic rings. The van der Waals surface area contributed by atoms with Crippen LogP contribution in [0.2, 0.25) is 10.0 Å². The van der Waals surface area contributed by atoms with E-state index in [1.165, 1.54) is 23.6 Å². The highest BCUT2D eigenvalue weighted by molar-refractivity contribution is 7.09. The van der Waals surface area contributed by atoms with Gasteiger partial charge in [-0.2, -0.15) is 0 Å². The SMILES string of the molecule is Cc1nc(C(=O)Nc2ccccc2Oc2ncc(Cl)cc2Cl)cs1. The second-order valence-corrected chi connectivity index (χ2v) is 6.65. The van der Waals surface area contributed by atoms with E-state index in [1.54, 1.807) is 29.6 Å². The number of anilines is 1. The molecule has 0 saturated heterocycles. The van der Waals surface area contributed by atoms with Crippen LogP contribution < -0.4 is 10.1 Å². The molecule has 1 N–H and O–H groups in total. The number of thiazole rings is 1. The molecule has 0 aliphatic rings. The number of carbonyl (C=O) groups is 1. The minimum Gasteiger partial charge on any atom is -0.435 e. The summed E-state index contributed by atoms with van der Waals surface area (Å²) in [5.41, 5.74) is 0.843. The fourth-order valence-electron chi connectivity index (χ4n) is 1.89. The number of hydrogen-bond donors (Lipinski definition) is 1. The highest BCUT2D eigenvalue weighted by atomic mass is 35.5. The number of carbonyl (C=O) groups excluding carboxylic acids is 1. The van der Waals surface area contributed by atoms with Crippen molar-refractivity contribution in [1.82, 2.24) is 9.97 Å². The lowest BCUT2D eigenvalue weighted by Gasteiger charge is -2.11. The van der Waals surface area contributed by atoms with Crippen molar-refractivity contribution in [3.63, 3.8) is 0 Å². The number of hydrogen-bond acceptors (Lipinski definition) is 5. The number of halogens is 2. The van der Waals surface area contributed by atoms with Crippen molar-refractivity contribution < 1.29 is 9.53 Å². The smallest absolute Gasteiger partial charge is 0.275 e. The summed E-state index contributed by atoms with van der Waals surface area (Å²) in [6.45, 7) is 1.84. The quantitative estimate of drug-likeness (QED) is 0.676. The number of nitrogens with one attached hydrogen (secondary N) is 1. The van der Waals surface area contributed by atoms with Crippen LogP contribution in [-0.4, -0.2) is 15.9 Å². The lowest BCUT2D eigenvalue weighted by Crippen LogP contribution is -2.13. The molecule has 0 spiro atoms. The van der Waals surface area contributed by atoms with Crippen molar-refractivity contribution in [2.24, 2.45) is 0 Å². The van der Waals surface area contributed by atoms with Gasteiger partial charge >= 0.3 is 0 Å². The Morgan fingerprint density at radius 2 is 2.08 bits per heavy atom. The third-order valence-corrected chi connectivity index (χ3v) is 4.22. The molecule has 0 saturated carbocycles. The average molecular weight is 380 g/mol. The van der Waals surface area contributed by atoms with E-state index >= 15 is 0 Å². The number of benzene rings is 1. The molecule has 0 aliphatic heterocycles. The Hall–Kier alpha value is -2.15. The van der Waals surface area contributed by atoms with Crippen molar-refractivity contribution in [3.8, 4) is 11.6 Å². The van der Waals surface area contributed by atoms with Crippen LogP contribution in [0.15, 0.2) is 41.9 Å². The highest BCUT2D eigenvalue weighted by Gasteiger charge is 2.14. The number of rotatable bonds is 4. The van der Waals surface area contributed by atoms with Crippen LogP contribution >= 0.6 is 34.5 Å². The lowest BCUT2D eigenvalue weighted by molar-refractivity contribution is 0.102. The molecule has 0 unspecified atom stereocenters. The second kappa shape index (κ2) is 7.17. The fourth-order valence-corrected chi connectivity index (χ4v) is 2.91. The van der Waals surface area contributed by atoms with E-state index < -0.39 is 0 Å². The average Bonchev–Trinajstić information content (AvgIpc) is 2.98. The van der Waals surface area contributed by atoms with Crippen LogP contribution in [0.3, 0.4) is 0 Å². The summed E-state index contributed by atoms with van der Waals surface area (Å²) < 4.78 is 5.70. The Morgan fingerprint density at radius 1 is 1.29 bits per heavy atom. The molecule has 2 aromatic heterocycles. The molecule has 24 heavy (non-hydrogen) atoms. The van der Waals surface area contributed by atoms with Crippen LogP contribution in [0.4, 0.5) is 5.69 Å². The van der Waals surface area contributed by atoms with Gasteiger partial charge in [0, 0.05) is 11.6 Å². The first-order valence-corrected chi connectivity index (χ1v) is 8.48. The number of para-hydroxylation sites is 2. The maximum atomic E-state index is 12.3. The van der Waals surface area contributed by atoms with Crippen LogP contribution in [0.25, 0.3) is 0 Å². The molecule has 0 radical (unpaired) electrons. The number of pyridine rings is 1. The third kappa shape index (κ3) is 3.84. The van der Waals surface area contributed by atoms with Gasteiger partial charge in [0.15, 0.2) is 5.75 Å². The van der Waals surface area contributed by atoms with E-state index in [0.717, 1.165) is 5.01 Å². The first-order chi connectivity index (χ1) is 11.5. The van der Waals surface area contributed by atoms with Gasteiger partial charge in [0.25, 0.3) is 5.91 Å². The number of aryl methyl sites for hydroxylation is 1. The van der Waals surface area contributed by atoms with Crippen molar-refractivity contribution in [1.29, 1.82) is 0 Å². The minimum absolute atomic E-state index is 0.201. The number of ether oxygens (including phenoxy) is 1. The Morgan fingerprint density at radius 3 is 2.79 bits per heavy atom. The Labute approximate surface area is 152 Å². The molecule has 5 nitrogen and oxygen atoms in total. The summed E-state index contributed by atoms with van der Waals surface area (Å²) in [6, 6.07) is 8.52. The molecule has 1 amide bonds. The van der Waals surface area contributed by atoms with Gasteiger partial charge in [-0.05, 0) is 25.1 Å². The fraction of sp³-hybridized carbons (Fsp3) is 0.0625. The second-order valence-electron chi connectivity index (χ2n) is 4.74. The van der Waals surface area contributed by atoms with Gasteiger partial charge in [-0.1, -0.05) is 35.3 Å². The van der Waals surface area contributed by atoms with Crippen LogP contribution in [0, 0.1) is 6.92 Å². The van der Waals surface area contributed by atoms with Gasteiger partial charge < -0.3 is 10.1 Å².